The Balaban J connectivity index is 2.23. The van der Waals surface area contributed by atoms with Gasteiger partial charge in [-0.15, -0.1) is 11.3 Å². The number of carbonyl (C=O) groups excluding carboxylic acids is 1. The first-order valence-corrected chi connectivity index (χ1v) is 7.23. The van der Waals surface area contributed by atoms with Crippen LogP contribution in [0.3, 0.4) is 0 Å². The highest BCUT2D eigenvalue weighted by Crippen LogP contribution is 2.23. The first-order valence-electron chi connectivity index (χ1n) is 6.35. The number of aliphatic carboxylic acids is 1. The van der Waals surface area contributed by atoms with Gasteiger partial charge in [0.1, 0.15) is 17.2 Å². The number of rotatable bonds is 5. The topological polar surface area (TPSA) is 88.3 Å². The Morgan fingerprint density at radius 3 is 2.71 bits per heavy atom. The quantitative estimate of drug-likeness (QED) is 0.904. The third kappa shape index (κ3) is 3.46. The van der Waals surface area contributed by atoms with Gasteiger partial charge < -0.3 is 10.0 Å². The van der Waals surface area contributed by atoms with Gasteiger partial charge in [0, 0.05) is 30.2 Å². The Morgan fingerprint density at radius 2 is 2.19 bits per heavy atom. The predicted molar refractivity (Wildman–Crippen MR) is 78.1 cm³/mol. The van der Waals surface area contributed by atoms with Gasteiger partial charge in [0.25, 0.3) is 5.91 Å². The number of nitrogens with zero attached hydrogens (tertiary/aromatic N) is 4. The highest BCUT2D eigenvalue weighted by atomic mass is 32.1. The molecule has 0 aliphatic rings. The van der Waals surface area contributed by atoms with E-state index >= 15 is 0 Å². The summed E-state index contributed by atoms with van der Waals surface area (Å²) in [5, 5.41) is 15.3. The molecule has 0 saturated heterocycles. The SMILES string of the molecule is CC(C)N(CC(=O)O)C(=O)c1csc(-c2cnn(C)c2)n1. The van der Waals surface area contributed by atoms with Crippen molar-refractivity contribution in [2.24, 2.45) is 7.05 Å². The van der Waals surface area contributed by atoms with E-state index in [1.807, 2.05) is 6.20 Å². The number of carboxylic acid groups (broad SMARTS) is 1. The van der Waals surface area contributed by atoms with Gasteiger partial charge in [-0.1, -0.05) is 0 Å². The van der Waals surface area contributed by atoms with Crippen molar-refractivity contribution >= 4 is 23.2 Å². The first kappa shape index (κ1) is 15.2. The smallest absolute Gasteiger partial charge is 0.323 e. The molecule has 0 aliphatic carbocycles. The molecule has 0 spiro atoms. The van der Waals surface area contributed by atoms with Gasteiger partial charge in [-0.05, 0) is 13.8 Å². The van der Waals surface area contributed by atoms with Crippen LogP contribution in [0.1, 0.15) is 24.3 Å². The molecule has 1 N–H and O–H groups in total. The van der Waals surface area contributed by atoms with Gasteiger partial charge in [0.2, 0.25) is 0 Å². The van der Waals surface area contributed by atoms with E-state index < -0.39 is 5.97 Å². The number of aromatic nitrogens is 3. The number of carbonyl (C=O) groups is 2. The Hall–Kier alpha value is -2.22. The van der Waals surface area contributed by atoms with Gasteiger partial charge in [-0.2, -0.15) is 5.10 Å². The minimum absolute atomic E-state index is 0.211. The Morgan fingerprint density at radius 1 is 1.48 bits per heavy atom. The fraction of sp³-hybridized carbons (Fsp3) is 0.385. The second-order valence-corrected chi connectivity index (χ2v) is 5.72. The van der Waals surface area contributed by atoms with Crippen molar-refractivity contribution in [1.82, 2.24) is 19.7 Å². The lowest BCUT2D eigenvalue weighted by atomic mass is 10.3. The zero-order valence-electron chi connectivity index (χ0n) is 12.0. The van der Waals surface area contributed by atoms with Gasteiger partial charge >= 0.3 is 5.97 Å². The van der Waals surface area contributed by atoms with Crippen molar-refractivity contribution in [3.8, 4) is 10.6 Å². The number of carboxylic acids is 1. The van der Waals surface area contributed by atoms with Crippen molar-refractivity contribution in [1.29, 1.82) is 0 Å². The Labute approximate surface area is 125 Å². The fourth-order valence-electron chi connectivity index (χ4n) is 1.82. The van der Waals surface area contributed by atoms with Crippen molar-refractivity contribution in [2.75, 3.05) is 6.54 Å². The van der Waals surface area contributed by atoms with Crippen LogP contribution in [0.4, 0.5) is 0 Å². The standard InChI is InChI=1S/C13H16N4O3S/c1-8(2)17(6-11(18)19)13(20)10-7-21-12(15-10)9-4-14-16(3)5-9/h4-5,7-8H,6H2,1-3H3,(H,18,19). The van der Waals surface area contributed by atoms with E-state index in [1.165, 1.54) is 16.2 Å². The monoisotopic (exact) mass is 308 g/mol. The molecular weight excluding hydrogens is 292 g/mol. The number of hydrogen-bond donors (Lipinski definition) is 1. The van der Waals surface area contributed by atoms with Gasteiger partial charge in [-0.25, -0.2) is 4.98 Å². The fourth-order valence-corrected chi connectivity index (χ4v) is 2.59. The van der Waals surface area contributed by atoms with Crippen LogP contribution in [0.2, 0.25) is 0 Å². The Kier molecular flexibility index (Phi) is 4.37. The van der Waals surface area contributed by atoms with Crippen molar-refractivity contribution in [3.63, 3.8) is 0 Å². The third-order valence-corrected chi connectivity index (χ3v) is 3.76. The summed E-state index contributed by atoms with van der Waals surface area (Å²) in [6.45, 7) is 3.21. The van der Waals surface area contributed by atoms with Crippen LogP contribution in [0.5, 0.6) is 0 Å². The number of aryl methyl sites for hydroxylation is 1. The van der Waals surface area contributed by atoms with Crippen LogP contribution in [0.25, 0.3) is 10.6 Å². The van der Waals surface area contributed by atoms with E-state index in [-0.39, 0.29) is 24.2 Å². The van der Waals surface area contributed by atoms with E-state index in [0.717, 1.165) is 5.56 Å². The lowest BCUT2D eigenvalue weighted by Crippen LogP contribution is -2.40. The minimum Gasteiger partial charge on any atom is -0.480 e. The molecule has 0 bridgehead atoms. The maximum Gasteiger partial charge on any atom is 0.323 e. The van der Waals surface area contributed by atoms with Crippen molar-refractivity contribution < 1.29 is 14.7 Å². The van der Waals surface area contributed by atoms with Crippen LogP contribution in [0.15, 0.2) is 17.8 Å². The van der Waals surface area contributed by atoms with Crippen LogP contribution >= 0.6 is 11.3 Å². The van der Waals surface area contributed by atoms with Gasteiger partial charge in [0.15, 0.2) is 0 Å². The molecule has 2 rings (SSSR count). The maximum absolute atomic E-state index is 12.4. The molecule has 7 nitrogen and oxygen atoms in total. The molecule has 0 fully saturated rings. The Bertz CT molecular complexity index is 662. The molecule has 0 atom stereocenters. The summed E-state index contributed by atoms with van der Waals surface area (Å²) in [4.78, 5) is 28.8. The molecule has 0 saturated carbocycles. The van der Waals surface area contributed by atoms with Crippen molar-refractivity contribution in [3.05, 3.63) is 23.5 Å². The first-order chi connectivity index (χ1) is 9.88. The normalized spacial score (nSPS) is 10.9. The molecule has 2 heterocycles. The van der Waals surface area contributed by atoms with Gasteiger partial charge in [-0.3, -0.25) is 14.3 Å². The molecule has 2 aromatic rings. The number of thiazole rings is 1. The second-order valence-electron chi connectivity index (χ2n) is 4.86. The molecule has 0 aliphatic heterocycles. The summed E-state index contributed by atoms with van der Waals surface area (Å²) < 4.78 is 1.66. The lowest BCUT2D eigenvalue weighted by molar-refractivity contribution is -0.138. The highest BCUT2D eigenvalue weighted by molar-refractivity contribution is 7.13. The molecule has 2 aromatic heterocycles. The van der Waals surface area contributed by atoms with Crippen LogP contribution < -0.4 is 0 Å². The molecule has 21 heavy (non-hydrogen) atoms. The average molecular weight is 308 g/mol. The van der Waals surface area contributed by atoms with E-state index in [2.05, 4.69) is 10.1 Å². The van der Waals surface area contributed by atoms with E-state index in [4.69, 9.17) is 5.11 Å². The average Bonchev–Trinajstić information content (AvgIpc) is 3.03. The maximum atomic E-state index is 12.4. The van der Waals surface area contributed by atoms with Crippen molar-refractivity contribution in [2.45, 2.75) is 19.9 Å². The summed E-state index contributed by atoms with van der Waals surface area (Å²) in [6.07, 6.45) is 3.48. The summed E-state index contributed by atoms with van der Waals surface area (Å²) in [5.74, 6) is -1.42. The third-order valence-electron chi connectivity index (χ3n) is 2.86. The van der Waals surface area contributed by atoms with E-state index in [9.17, 15) is 9.59 Å². The lowest BCUT2D eigenvalue weighted by Gasteiger charge is -2.23. The van der Waals surface area contributed by atoms with Crippen LogP contribution in [-0.2, 0) is 11.8 Å². The number of hydrogen-bond acceptors (Lipinski definition) is 5. The van der Waals surface area contributed by atoms with Crippen LogP contribution in [0, 0.1) is 0 Å². The summed E-state index contributed by atoms with van der Waals surface area (Å²) >= 11 is 1.33. The molecule has 0 unspecified atom stereocenters. The summed E-state index contributed by atoms with van der Waals surface area (Å²) in [5.41, 5.74) is 1.09. The molecular formula is C13H16N4O3S. The molecule has 1 amide bonds. The number of amides is 1. The minimum atomic E-state index is -1.04. The van der Waals surface area contributed by atoms with E-state index in [1.54, 1.807) is 37.2 Å². The molecule has 0 aromatic carbocycles. The van der Waals surface area contributed by atoms with Crippen LogP contribution in [-0.4, -0.2) is 49.2 Å². The zero-order valence-corrected chi connectivity index (χ0v) is 12.8. The highest BCUT2D eigenvalue weighted by Gasteiger charge is 2.23. The molecule has 112 valence electrons. The second kappa shape index (κ2) is 6.04. The predicted octanol–water partition coefficient (Wildman–Crippen LogP) is 1.48. The van der Waals surface area contributed by atoms with Gasteiger partial charge in [0.05, 0.1) is 6.20 Å². The van der Waals surface area contributed by atoms with E-state index in [0.29, 0.717) is 5.01 Å². The molecule has 0 radical (unpaired) electrons. The largest absolute Gasteiger partial charge is 0.480 e. The summed E-state index contributed by atoms with van der Waals surface area (Å²) in [6, 6.07) is -0.211. The summed E-state index contributed by atoms with van der Waals surface area (Å²) in [7, 11) is 1.80. The zero-order chi connectivity index (χ0) is 15.6. The molecule has 8 heteroatoms.